The van der Waals surface area contributed by atoms with E-state index >= 15 is 4.39 Å². The van der Waals surface area contributed by atoms with E-state index in [4.69, 9.17) is 14.9 Å². The van der Waals surface area contributed by atoms with Crippen LogP contribution in [-0.2, 0) is 10.2 Å². The summed E-state index contributed by atoms with van der Waals surface area (Å²) in [4.78, 5) is 17.5. The maximum absolute atomic E-state index is 15.5. The molecule has 2 fully saturated rings. The van der Waals surface area contributed by atoms with Gasteiger partial charge in [-0.1, -0.05) is 20.8 Å². The molecule has 2 saturated heterocycles. The quantitative estimate of drug-likeness (QED) is 0.221. The third kappa shape index (κ3) is 7.57. The Hall–Kier alpha value is -3.51. The number of nitrogens with zero attached hydrogens (tertiary/aromatic N) is 2. The molecule has 1 aromatic rings. The van der Waals surface area contributed by atoms with Crippen LogP contribution >= 0.6 is 0 Å². The summed E-state index contributed by atoms with van der Waals surface area (Å²) in [6.45, 7) is 16.6. The zero-order valence-electron chi connectivity index (χ0n) is 25.2. The Kier molecular flexibility index (Phi) is 12.1. The van der Waals surface area contributed by atoms with Crippen LogP contribution in [0.5, 0.6) is 5.75 Å². The predicted molar refractivity (Wildman–Crippen MR) is 161 cm³/mol. The van der Waals surface area contributed by atoms with Crippen LogP contribution in [0.25, 0.3) is 0 Å². The number of terminal acetylenes is 1. The Morgan fingerprint density at radius 3 is 2.38 bits per heavy atom. The highest BCUT2D eigenvalue weighted by Gasteiger charge is 2.31. The molecule has 40 heavy (non-hydrogen) atoms. The van der Waals surface area contributed by atoms with Gasteiger partial charge in [-0.3, -0.25) is 10.2 Å². The number of nitrogens with one attached hydrogen (secondary N) is 3. The molecule has 2 heterocycles. The number of piperazine rings is 1. The first kappa shape index (κ1) is 32.7. The first-order chi connectivity index (χ1) is 19.0. The van der Waals surface area contributed by atoms with Crippen LogP contribution in [0, 0.1) is 18.3 Å². The summed E-state index contributed by atoms with van der Waals surface area (Å²) < 4.78 is 27.0. The Bertz CT molecular complexity index is 1140. The lowest BCUT2D eigenvalue weighted by Crippen LogP contribution is -2.44. The van der Waals surface area contributed by atoms with E-state index in [-0.39, 0.29) is 34.9 Å². The van der Waals surface area contributed by atoms with Gasteiger partial charge in [-0.05, 0) is 44.7 Å². The number of Topliss-reactive ketones (excluding diaryl/α,β-unsaturated/α-hetero) is 1. The fourth-order valence-electron chi connectivity index (χ4n) is 4.95. The lowest BCUT2D eigenvalue weighted by atomic mass is 9.84. The molecule has 8 nitrogen and oxygen atoms in total. The van der Waals surface area contributed by atoms with E-state index in [9.17, 15) is 4.79 Å². The summed E-state index contributed by atoms with van der Waals surface area (Å²) in [5.41, 5.74) is 3.08. The lowest BCUT2D eigenvalue weighted by molar-refractivity contribution is 0.0965. The van der Waals surface area contributed by atoms with Gasteiger partial charge in [-0.15, -0.1) is 12.8 Å². The zero-order chi connectivity index (χ0) is 30.0. The minimum Gasteiger partial charge on any atom is -0.494 e. The molecule has 9 heteroatoms. The topological polar surface area (TPSA) is 89.9 Å². The fraction of sp³-hybridized carbons (Fsp3) is 0.548. The summed E-state index contributed by atoms with van der Waals surface area (Å²) >= 11 is 0. The average molecular weight is 556 g/mol. The number of ketones is 1. The molecule has 0 atom stereocenters. The number of allylic oxidation sites excluding steroid dienone is 2. The van der Waals surface area contributed by atoms with Crippen LogP contribution in [0.4, 0.5) is 10.1 Å². The molecule has 0 amide bonds. The van der Waals surface area contributed by atoms with E-state index in [1.54, 1.807) is 25.9 Å². The van der Waals surface area contributed by atoms with E-state index in [0.717, 1.165) is 43.2 Å². The number of methoxy groups -OCH3 is 1. The van der Waals surface area contributed by atoms with Crippen molar-refractivity contribution in [1.29, 1.82) is 5.41 Å². The number of ether oxygens (including phenoxy) is 2. The molecule has 3 N–H and O–H groups in total. The van der Waals surface area contributed by atoms with E-state index < -0.39 is 5.83 Å². The van der Waals surface area contributed by atoms with Crippen molar-refractivity contribution in [3.8, 4) is 18.6 Å². The van der Waals surface area contributed by atoms with Crippen molar-refractivity contribution >= 4 is 17.3 Å². The van der Waals surface area contributed by atoms with E-state index in [0.29, 0.717) is 37.4 Å². The van der Waals surface area contributed by atoms with Crippen LogP contribution in [0.3, 0.4) is 0 Å². The third-order valence-electron chi connectivity index (χ3n) is 6.96. The van der Waals surface area contributed by atoms with Gasteiger partial charge in [0.25, 0.3) is 0 Å². The van der Waals surface area contributed by atoms with Gasteiger partial charge in [0.15, 0.2) is 17.4 Å². The second-order valence-electron chi connectivity index (χ2n) is 10.7. The van der Waals surface area contributed by atoms with Gasteiger partial charge in [-0.2, -0.15) is 0 Å². The van der Waals surface area contributed by atoms with Crippen molar-refractivity contribution in [1.82, 2.24) is 15.5 Å². The van der Waals surface area contributed by atoms with E-state index in [1.807, 2.05) is 19.1 Å². The molecule has 1 aromatic carbocycles. The van der Waals surface area contributed by atoms with Crippen LogP contribution in [0.1, 0.15) is 63.9 Å². The highest BCUT2D eigenvalue weighted by molar-refractivity contribution is 6.05. The molecule has 0 saturated carbocycles. The maximum atomic E-state index is 15.5. The predicted octanol–water partition coefficient (Wildman–Crippen LogP) is 4.62. The third-order valence-corrected chi connectivity index (χ3v) is 6.96. The summed E-state index contributed by atoms with van der Waals surface area (Å²) in [6.07, 6.45) is 8.34. The molecule has 0 aliphatic carbocycles. The van der Waals surface area contributed by atoms with Crippen molar-refractivity contribution in [2.75, 3.05) is 64.4 Å². The second-order valence-corrected chi connectivity index (χ2v) is 10.7. The number of benzene rings is 1. The number of halogens is 1. The largest absolute Gasteiger partial charge is 0.494 e. The molecule has 0 bridgehead atoms. The summed E-state index contributed by atoms with van der Waals surface area (Å²) in [5.74, 6) is 0.316. The minimum absolute atomic E-state index is 0.00634. The highest BCUT2D eigenvalue weighted by atomic mass is 19.1. The van der Waals surface area contributed by atoms with Gasteiger partial charge < -0.3 is 29.9 Å². The highest BCUT2D eigenvalue weighted by Crippen LogP contribution is 2.40. The Morgan fingerprint density at radius 2 is 1.82 bits per heavy atom. The maximum Gasteiger partial charge on any atom is 0.182 e. The number of likely N-dealkylation sites (tertiary alicyclic amines) is 1. The van der Waals surface area contributed by atoms with Crippen molar-refractivity contribution < 1.29 is 18.7 Å². The molecule has 2 aliphatic rings. The molecule has 3 rings (SSSR count). The number of hydrogen-bond donors (Lipinski definition) is 3. The fourth-order valence-corrected chi connectivity index (χ4v) is 4.95. The Morgan fingerprint density at radius 1 is 1.18 bits per heavy atom. The van der Waals surface area contributed by atoms with Crippen LogP contribution in [0.15, 0.2) is 35.0 Å². The minimum atomic E-state index is -0.536. The number of hydrogen-bond acceptors (Lipinski definition) is 7. The van der Waals surface area contributed by atoms with Crippen LogP contribution in [-0.4, -0.2) is 76.0 Å². The molecule has 0 unspecified atom stereocenters. The molecule has 2 aliphatic heterocycles. The number of carbonyl (C=O) groups is 1. The van der Waals surface area contributed by atoms with Crippen molar-refractivity contribution in [3.63, 3.8) is 0 Å². The van der Waals surface area contributed by atoms with Crippen molar-refractivity contribution in [2.45, 2.75) is 53.4 Å². The first-order valence-electron chi connectivity index (χ1n) is 13.9. The van der Waals surface area contributed by atoms with E-state index in [1.165, 1.54) is 0 Å². The van der Waals surface area contributed by atoms with Crippen molar-refractivity contribution in [3.05, 3.63) is 46.1 Å². The first-order valence-corrected chi connectivity index (χ1v) is 13.9. The number of carbonyl (C=O) groups excluding carboxylic acids is 1. The van der Waals surface area contributed by atoms with Crippen LogP contribution < -0.4 is 20.3 Å². The smallest absolute Gasteiger partial charge is 0.182 e. The van der Waals surface area contributed by atoms with Gasteiger partial charge in [-0.25, -0.2) is 4.39 Å². The molecule has 220 valence electrons. The molecular formula is C31H46FN5O3. The molecule has 0 radical (unpaired) electrons. The van der Waals surface area contributed by atoms with Gasteiger partial charge in [0.2, 0.25) is 0 Å². The van der Waals surface area contributed by atoms with Crippen LogP contribution in [0.2, 0.25) is 0 Å². The van der Waals surface area contributed by atoms with Gasteiger partial charge in [0.05, 0.1) is 31.6 Å². The summed E-state index contributed by atoms with van der Waals surface area (Å²) in [6, 6.07) is 3.83. The number of amidine groups is 1. The second kappa shape index (κ2) is 14.8. The number of rotatable bonds is 10. The Balaban J connectivity index is 0.00000274. The molecular weight excluding hydrogens is 509 g/mol. The summed E-state index contributed by atoms with van der Waals surface area (Å²) in [7, 11) is 1.68. The van der Waals surface area contributed by atoms with Gasteiger partial charge >= 0.3 is 0 Å². The number of anilines is 1. The average Bonchev–Trinajstić information content (AvgIpc) is 3.31. The SMILES string of the molecule is C#C.CCN/C(C)=C(OCC)/C(F)=C1\CCN(CC(=O)c2cc(N3CCNCC3)c(OC)c(C(C)(C)C)c2)C1=N. The van der Waals surface area contributed by atoms with E-state index in [2.05, 4.69) is 49.2 Å². The zero-order valence-corrected chi connectivity index (χ0v) is 25.2. The monoisotopic (exact) mass is 555 g/mol. The van der Waals surface area contributed by atoms with Gasteiger partial charge in [0.1, 0.15) is 11.6 Å². The molecule has 0 aromatic heterocycles. The summed E-state index contributed by atoms with van der Waals surface area (Å²) in [5, 5.41) is 15.1. The molecule has 0 spiro atoms. The van der Waals surface area contributed by atoms with Crippen molar-refractivity contribution in [2.24, 2.45) is 0 Å². The van der Waals surface area contributed by atoms with Gasteiger partial charge in [0, 0.05) is 56.0 Å². The Labute approximate surface area is 239 Å². The standard InChI is InChI=1S/C29H44FN5O3.C2H2/c1-8-33-19(3)26(38-9-2)25(30)21-10-13-35(28(21)31)18-24(36)20-16-22(29(4,5)6)27(37-7)23(17-20)34-14-11-32-12-15-34;1-2/h16-17,31-33H,8-15,18H2,1-7H3;1-2H/b25-21-,26-19-,31-28?;. The lowest BCUT2D eigenvalue weighted by Gasteiger charge is -2.33. The normalized spacial score (nSPS) is 17.5.